The summed E-state index contributed by atoms with van der Waals surface area (Å²) in [5, 5.41) is 1.75. The van der Waals surface area contributed by atoms with Crippen LogP contribution in [-0.4, -0.2) is 15.0 Å². The van der Waals surface area contributed by atoms with Crippen LogP contribution in [0.3, 0.4) is 0 Å². The number of nitrogens with zero attached hydrogens (tertiary/aromatic N) is 3. The summed E-state index contributed by atoms with van der Waals surface area (Å²) in [5.41, 5.74) is 8.45. The SMILES string of the molecule is Nc1ccc2nc(Sc3ncc4ccccc4n3)sc2c1. The van der Waals surface area contributed by atoms with Crippen LogP contribution in [0.2, 0.25) is 0 Å². The van der Waals surface area contributed by atoms with Crippen LogP contribution >= 0.6 is 23.1 Å². The van der Waals surface area contributed by atoms with Crippen molar-refractivity contribution in [2.45, 2.75) is 9.50 Å². The van der Waals surface area contributed by atoms with Crippen LogP contribution in [-0.2, 0) is 0 Å². The molecule has 4 nitrogen and oxygen atoms in total. The zero-order valence-corrected chi connectivity index (χ0v) is 12.5. The van der Waals surface area contributed by atoms with Gasteiger partial charge >= 0.3 is 0 Å². The molecule has 0 bridgehead atoms. The molecule has 0 aliphatic heterocycles. The molecule has 2 heterocycles. The van der Waals surface area contributed by atoms with E-state index in [1.54, 1.807) is 11.3 Å². The highest BCUT2D eigenvalue weighted by atomic mass is 32.2. The molecule has 4 rings (SSSR count). The maximum absolute atomic E-state index is 5.80. The summed E-state index contributed by atoms with van der Waals surface area (Å²) in [7, 11) is 0. The number of rotatable bonds is 2. The van der Waals surface area contributed by atoms with Crippen molar-refractivity contribution in [1.82, 2.24) is 15.0 Å². The van der Waals surface area contributed by atoms with Gasteiger partial charge in [0.2, 0.25) is 0 Å². The third kappa shape index (κ3) is 2.43. The van der Waals surface area contributed by atoms with Gasteiger partial charge in [0.1, 0.15) is 0 Å². The number of aromatic nitrogens is 3. The largest absolute Gasteiger partial charge is 0.399 e. The molecule has 0 saturated carbocycles. The first-order valence-corrected chi connectivity index (χ1v) is 7.97. The minimum absolute atomic E-state index is 0.709. The highest BCUT2D eigenvalue weighted by Gasteiger charge is 2.08. The van der Waals surface area contributed by atoms with Crippen LogP contribution in [0.5, 0.6) is 0 Å². The lowest BCUT2D eigenvalue weighted by molar-refractivity contribution is 1.00. The Balaban J connectivity index is 1.71. The first-order chi connectivity index (χ1) is 10.3. The molecule has 2 aromatic carbocycles. The molecule has 0 aliphatic rings. The molecule has 0 fully saturated rings. The molecule has 4 aromatic rings. The van der Waals surface area contributed by atoms with E-state index < -0.39 is 0 Å². The van der Waals surface area contributed by atoms with Gasteiger partial charge in [-0.15, -0.1) is 11.3 Å². The van der Waals surface area contributed by atoms with Crippen molar-refractivity contribution >= 4 is 49.9 Å². The topological polar surface area (TPSA) is 64.7 Å². The lowest BCUT2D eigenvalue weighted by atomic mass is 10.2. The van der Waals surface area contributed by atoms with E-state index >= 15 is 0 Å². The second-order valence-electron chi connectivity index (χ2n) is 4.52. The van der Waals surface area contributed by atoms with Crippen LogP contribution in [0.25, 0.3) is 21.1 Å². The molecule has 2 N–H and O–H groups in total. The van der Waals surface area contributed by atoms with E-state index in [9.17, 15) is 0 Å². The summed E-state index contributed by atoms with van der Waals surface area (Å²) in [4.78, 5) is 13.5. The number of benzene rings is 2. The van der Waals surface area contributed by atoms with E-state index in [1.165, 1.54) is 11.8 Å². The molecule has 2 aromatic heterocycles. The standard InChI is InChI=1S/C15H10N4S2/c16-10-5-6-12-13(7-10)20-15(19-12)21-14-17-8-9-3-1-2-4-11(9)18-14/h1-8H,16H2. The molecule has 0 saturated heterocycles. The summed E-state index contributed by atoms with van der Waals surface area (Å²) < 4.78 is 2.00. The summed E-state index contributed by atoms with van der Waals surface area (Å²) in [6.07, 6.45) is 1.84. The second kappa shape index (κ2) is 4.98. The molecular formula is C15H10N4S2. The van der Waals surface area contributed by atoms with Gasteiger partial charge in [-0.1, -0.05) is 18.2 Å². The second-order valence-corrected chi connectivity index (χ2v) is 6.77. The Hall–Kier alpha value is -2.18. The van der Waals surface area contributed by atoms with E-state index in [-0.39, 0.29) is 0 Å². The normalized spacial score (nSPS) is 11.2. The Bertz CT molecular complexity index is 949. The monoisotopic (exact) mass is 310 g/mol. The number of hydrogen-bond acceptors (Lipinski definition) is 6. The fraction of sp³-hybridized carbons (Fsp3) is 0. The predicted molar refractivity (Wildman–Crippen MR) is 87.7 cm³/mol. The number of nitrogen functional groups attached to an aromatic ring is 1. The highest BCUT2D eigenvalue weighted by Crippen LogP contribution is 2.33. The molecular weight excluding hydrogens is 300 g/mol. The van der Waals surface area contributed by atoms with Gasteiger partial charge in [-0.2, -0.15) is 0 Å². The Labute approximate surface area is 129 Å². The maximum Gasteiger partial charge on any atom is 0.195 e. The van der Waals surface area contributed by atoms with Gasteiger partial charge in [0.05, 0.1) is 15.7 Å². The molecule has 0 spiro atoms. The minimum Gasteiger partial charge on any atom is -0.399 e. The van der Waals surface area contributed by atoms with Crippen molar-refractivity contribution in [3.63, 3.8) is 0 Å². The van der Waals surface area contributed by atoms with Gasteiger partial charge in [0.15, 0.2) is 9.50 Å². The number of anilines is 1. The first kappa shape index (κ1) is 12.6. The number of thiazole rings is 1. The fourth-order valence-electron chi connectivity index (χ4n) is 2.05. The molecule has 21 heavy (non-hydrogen) atoms. The van der Waals surface area contributed by atoms with Crippen LogP contribution in [0.4, 0.5) is 5.69 Å². The lowest BCUT2D eigenvalue weighted by Gasteiger charge is -1.98. The van der Waals surface area contributed by atoms with Crippen LogP contribution < -0.4 is 5.73 Å². The van der Waals surface area contributed by atoms with E-state index in [1.807, 2.05) is 48.7 Å². The number of fused-ring (bicyclic) bond motifs is 2. The quantitative estimate of drug-likeness (QED) is 0.448. The van der Waals surface area contributed by atoms with Crippen LogP contribution in [0.15, 0.2) is 58.2 Å². The number of para-hydroxylation sites is 1. The van der Waals surface area contributed by atoms with Gasteiger partial charge in [-0.05, 0) is 36.0 Å². The molecule has 0 aliphatic carbocycles. The molecule has 0 atom stereocenters. The lowest BCUT2D eigenvalue weighted by Crippen LogP contribution is -1.86. The van der Waals surface area contributed by atoms with Crippen molar-refractivity contribution in [2.24, 2.45) is 0 Å². The fourth-order valence-corrected chi connectivity index (χ4v) is 4.00. The van der Waals surface area contributed by atoms with Gasteiger partial charge in [-0.25, -0.2) is 15.0 Å². The van der Waals surface area contributed by atoms with Gasteiger partial charge < -0.3 is 5.73 Å². The Morgan fingerprint density at radius 1 is 1.00 bits per heavy atom. The Morgan fingerprint density at radius 2 is 1.90 bits per heavy atom. The first-order valence-electron chi connectivity index (χ1n) is 6.34. The molecule has 0 unspecified atom stereocenters. The van der Waals surface area contributed by atoms with Gasteiger partial charge in [0.25, 0.3) is 0 Å². The van der Waals surface area contributed by atoms with Gasteiger partial charge in [-0.3, -0.25) is 0 Å². The molecule has 102 valence electrons. The maximum atomic E-state index is 5.80. The summed E-state index contributed by atoms with van der Waals surface area (Å²) in [6, 6.07) is 13.7. The highest BCUT2D eigenvalue weighted by molar-refractivity contribution is 8.01. The van der Waals surface area contributed by atoms with Crippen molar-refractivity contribution in [2.75, 3.05) is 5.73 Å². The third-order valence-electron chi connectivity index (χ3n) is 3.04. The summed E-state index contributed by atoms with van der Waals surface area (Å²) in [6.45, 7) is 0. The zero-order valence-electron chi connectivity index (χ0n) is 10.9. The number of hydrogen-bond donors (Lipinski definition) is 1. The zero-order chi connectivity index (χ0) is 14.2. The summed E-state index contributed by atoms with van der Waals surface area (Å²) in [5.74, 6) is 0. The van der Waals surface area contributed by atoms with Crippen molar-refractivity contribution in [3.05, 3.63) is 48.7 Å². The van der Waals surface area contributed by atoms with Crippen LogP contribution in [0, 0.1) is 0 Å². The molecule has 6 heteroatoms. The van der Waals surface area contributed by atoms with Crippen molar-refractivity contribution in [1.29, 1.82) is 0 Å². The summed E-state index contributed by atoms with van der Waals surface area (Å²) >= 11 is 3.08. The van der Waals surface area contributed by atoms with Crippen molar-refractivity contribution < 1.29 is 0 Å². The van der Waals surface area contributed by atoms with E-state index in [0.717, 1.165) is 31.1 Å². The van der Waals surface area contributed by atoms with Crippen LogP contribution in [0.1, 0.15) is 0 Å². The Kier molecular flexibility index (Phi) is 2.98. The molecule has 0 radical (unpaired) electrons. The van der Waals surface area contributed by atoms with Gasteiger partial charge in [0, 0.05) is 17.3 Å². The average molecular weight is 310 g/mol. The average Bonchev–Trinajstić information content (AvgIpc) is 2.88. The minimum atomic E-state index is 0.709. The predicted octanol–water partition coefficient (Wildman–Crippen LogP) is 3.97. The van der Waals surface area contributed by atoms with Crippen molar-refractivity contribution in [3.8, 4) is 0 Å². The third-order valence-corrected chi connectivity index (χ3v) is 5.00. The smallest absolute Gasteiger partial charge is 0.195 e. The Morgan fingerprint density at radius 3 is 2.86 bits per heavy atom. The molecule has 0 amide bonds. The van der Waals surface area contributed by atoms with E-state index in [0.29, 0.717) is 5.16 Å². The van der Waals surface area contributed by atoms with E-state index in [2.05, 4.69) is 15.0 Å². The van der Waals surface area contributed by atoms with E-state index in [4.69, 9.17) is 5.73 Å². The number of nitrogens with two attached hydrogens (primary N) is 1.